The Morgan fingerprint density at radius 2 is 1.72 bits per heavy atom. The Morgan fingerprint density at radius 1 is 0.966 bits per heavy atom. The second-order valence-electron chi connectivity index (χ2n) is 6.37. The molecule has 0 aliphatic rings. The van der Waals surface area contributed by atoms with E-state index in [1.807, 2.05) is 30.3 Å². The minimum Gasteiger partial charge on any atom is -0.459 e. The number of ether oxygens (including phenoxy) is 1. The van der Waals surface area contributed by atoms with Crippen molar-refractivity contribution in [2.45, 2.75) is 17.9 Å². The summed E-state index contributed by atoms with van der Waals surface area (Å²) in [6, 6.07) is 19.0. The number of carbonyl (C=O) groups excluding carboxylic acids is 1. The molecule has 0 aliphatic carbocycles. The van der Waals surface area contributed by atoms with Crippen molar-refractivity contribution >= 4 is 26.8 Å². The minimum atomic E-state index is -3.53. The van der Waals surface area contributed by atoms with E-state index >= 15 is 0 Å². The number of esters is 1. The summed E-state index contributed by atoms with van der Waals surface area (Å²) < 4.78 is 40.5. The van der Waals surface area contributed by atoms with Crippen LogP contribution < -0.4 is 0 Å². The molecular formula is C21H17NO6S. The Balaban J connectivity index is 1.33. The monoisotopic (exact) mass is 411 g/mol. The van der Waals surface area contributed by atoms with E-state index in [1.54, 1.807) is 24.3 Å². The number of rotatable bonds is 7. The Kier molecular flexibility index (Phi) is 5.18. The van der Waals surface area contributed by atoms with Gasteiger partial charge in [0.15, 0.2) is 15.6 Å². The molecule has 4 rings (SSSR count). The molecule has 0 radical (unpaired) electrons. The van der Waals surface area contributed by atoms with Gasteiger partial charge in [0, 0.05) is 11.5 Å². The van der Waals surface area contributed by atoms with Crippen molar-refractivity contribution in [2.24, 2.45) is 0 Å². The molecule has 0 unspecified atom stereocenters. The molecule has 8 heteroatoms. The number of para-hydroxylation sites is 1. The molecule has 0 atom stereocenters. The highest BCUT2D eigenvalue weighted by Crippen LogP contribution is 2.28. The molecule has 4 aromatic rings. The summed E-state index contributed by atoms with van der Waals surface area (Å²) in [7, 11) is -3.53. The van der Waals surface area contributed by atoms with E-state index in [1.165, 1.54) is 12.1 Å². The molecule has 2 aromatic heterocycles. The standard InChI is InChI=1S/C21H17NO6S/c23-21(10-11-29(24,25)17-7-2-1-3-8-17)26-14-16-13-20(28-22-16)19-12-15-6-4-5-9-18(15)27-19/h1-9,12-13H,10-11,14H2. The first-order chi connectivity index (χ1) is 14.0. The van der Waals surface area contributed by atoms with Crippen LogP contribution in [0.2, 0.25) is 0 Å². The predicted molar refractivity (Wildman–Crippen MR) is 105 cm³/mol. The fourth-order valence-corrected chi connectivity index (χ4v) is 4.03. The van der Waals surface area contributed by atoms with Gasteiger partial charge in [0.25, 0.3) is 0 Å². The third kappa shape index (κ3) is 4.38. The molecule has 7 nitrogen and oxygen atoms in total. The van der Waals surface area contributed by atoms with Crippen molar-refractivity contribution in [1.82, 2.24) is 5.16 Å². The van der Waals surface area contributed by atoms with Gasteiger partial charge in [0.1, 0.15) is 17.9 Å². The molecule has 148 valence electrons. The van der Waals surface area contributed by atoms with Crippen LogP contribution >= 0.6 is 0 Å². The van der Waals surface area contributed by atoms with Crippen molar-refractivity contribution in [3.63, 3.8) is 0 Å². The van der Waals surface area contributed by atoms with Crippen LogP contribution in [0.1, 0.15) is 12.1 Å². The van der Waals surface area contributed by atoms with Gasteiger partial charge in [0.05, 0.1) is 17.1 Å². The molecular weight excluding hydrogens is 394 g/mol. The third-order valence-corrected chi connectivity index (χ3v) is 6.02. The number of hydrogen-bond acceptors (Lipinski definition) is 7. The molecule has 0 saturated carbocycles. The number of fused-ring (bicyclic) bond motifs is 1. The summed E-state index contributed by atoms with van der Waals surface area (Å²) >= 11 is 0. The van der Waals surface area contributed by atoms with Gasteiger partial charge in [0.2, 0.25) is 5.76 Å². The summed E-state index contributed by atoms with van der Waals surface area (Å²) in [5.74, 6) is -0.0132. The van der Waals surface area contributed by atoms with E-state index in [-0.39, 0.29) is 23.7 Å². The number of sulfone groups is 1. The van der Waals surface area contributed by atoms with Crippen LogP contribution in [0.25, 0.3) is 22.5 Å². The number of nitrogens with zero attached hydrogens (tertiary/aromatic N) is 1. The van der Waals surface area contributed by atoms with Gasteiger partial charge in [-0.15, -0.1) is 0 Å². The number of benzene rings is 2. The number of furan rings is 1. The number of aromatic nitrogens is 1. The normalized spacial score (nSPS) is 11.6. The second-order valence-corrected chi connectivity index (χ2v) is 8.48. The highest BCUT2D eigenvalue weighted by atomic mass is 32.2. The molecule has 0 amide bonds. The summed E-state index contributed by atoms with van der Waals surface area (Å²) in [6.45, 7) is -0.117. The topological polar surface area (TPSA) is 99.6 Å². The van der Waals surface area contributed by atoms with E-state index in [0.29, 0.717) is 17.2 Å². The lowest BCUT2D eigenvalue weighted by Crippen LogP contribution is -2.13. The van der Waals surface area contributed by atoms with E-state index in [9.17, 15) is 13.2 Å². The van der Waals surface area contributed by atoms with Crippen LogP contribution in [-0.2, 0) is 26.0 Å². The molecule has 0 saturated heterocycles. The van der Waals surface area contributed by atoms with Gasteiger partial charge >= 0.3 is 5.97 Å². The molecule has 0 bridgehead atoms. The van der Waals surface area contributed by atoms with Crippen LogP contribution in [0.5, 0.6) is 0 Å². The van der Waals surface area contributed by atoms with Gasteiger partial charge < -0.3 is 13.7 Å². The zero-order valence-electron chi connectivity index (χ0n) is 15.3. The Hall–Kier alpha value is -3.39. The maximum Gasteiger partial charge on any atom is 0.307 e. The first-order valence-corrected chi connectivity index (χ1v) is 10.5. The van der Waals surface area contributed by atoms with E-state index in [0.717, 1.165) is 11.0 Å². The van der Waals surface area contributed by atoms with Crippen molar-refractivity contribution in [1.29, 1.82) is 0 Å². The summed E-state index contributed by atoms with van der Waals surface area (Å²) in [4.78, 5) is 12.1. The Labute approximate surface area is 166 Å². The lowest BCUT2D eigenvalue weighted by Gasteiger charge is -2.04. The molecule has 0 N–H and O–H groups in total. The molecule has 2 aromatic carbocycles. The van der Waals surface area contributed by atoms with Gasteiger partial charge in [-0.25, -0.2) is 8.42 Å². The van der Waals surface area contributed by atoms with E-state index in [2.05, 4.69) is 5.16 Å². The highest BCUT2D eigenvalue weighted by molar-refractivity contribution is 7.91. The van der Waals surface area contributed by atoms with Crippen molar-refractivity contribution in [2.75, 3.05) is 5.75 Å². The van der Waals surface area contributed by atoms with Gasteiger partial charge in [-0.2, -0.15) is 0 Å². The second kappa shape index (κ2) is 7.92. The third-order valence-electron chi connectivity index (χ3n) is 4.29. The summed E-state index contributed by atoms with van der Waals surface area (Å²) in [5.41, 5.74) is 1.13. The van der Waals surface area contributed by atoms with Crippen molar-refractivity contribution < 1.29 is 26.9 Å². The zero-order chi connectivity index (χ0) is 20.3. The van der Waals surface area contributed by atoms with Gasteiger partial charge in [-0.1, -0.05) is 41.6 Å². The quantitative estimate of drug-likeness (QED) is 0.424. The Bertz CT molecular complexity index is 1210. The van der Waals surface area contributed by atoms with Crippen molar-refractivity contribution in [3.8, 4) is 11.5 Å². The average molecular weight is 411 g/mol. The maximum atomic E-state index is 12.2. The zero-order valence-corrected chi connectivity index (χ0v) is 16.1. The summed E-state index contributed by atoms with van der Waals surface area (Å²) in [6.07, 6.45) is -0.245. The fourth-order valence-electron chi connectivity index (χ4n) is 2.79. The molecule has 0 spiro atoms. The summed E-state index contributed by atoms with van der Waals surface area (Å²) in [5, 5.41) is 4.80. The van der Waals surface area contributed by atoms with Crippen molar-refractivity contribution in [3.05, 3.63) is 72.4 Å². The first kappa shape index (κ1) is 18.9. The molecule has 2 heterocycles. The van der Waals surface area contributed by atoms with Crippen LogP contribution in [-0.4, -0.2) is 25.3 Å². The smallest absolute Gasteiger partial charge is 0.307 e. The SMILES string of the molecule is O=C(CCS(=O)(=O)c1ccccc1)OCc1cc(-c2cc3ccccc3o2)on1. The highest BCUT2D eigenvalue weighted by Gasteiger charge is 2.18. The maximum absolute atomic E-state index is 12.2. The average Bonchev–Trinajstić information content (AvgIpc) is 3.38. The lowest BCUT2D eigenvalue weighted by molar-refractivity contribution is -0.144. The minimum absolute atomic E-state index is 0.117. The van der Waals surface area contributed by atoms with Crippen LogP contribution in [0.4, 0.5) is 0 Å². The lowest BCUT2D eigenvalue weighted by atomic mass is 10.2. The molecule has 0 aliphatic heterocycles. The predicted octanol–water partition coefficient (Wildman–Crippen LogP) is 4.00. The molecule has 29 heavy (non-hydrogen) atoms. The fraction of sp³-hybridized carbons (Fsp3) is 0.143. The molecule has 0 fully saturated rings. The number of carbonyl (C=O) groups is 1. The largest absolute Gasteiger partial charge is 0.459 e. The number of hydrogen-bond donors (Lipinski definition) is 0. The van der Waals surface area contributed by atoms with Gasteiger partial charge in [-0.05, 0) is 24.3 Å². The first-order valence-electron chi connectivity index (χ1n) is 8.89. The van der Waals surface area contributed by atoms with Crippen LogP contribution in [0.15, 0.2) is 80.6 Å². The van der Waals surface area contributed by atoms with Crippen LogP contribution in [0.3, 0.4) is 0 Å². The van der Waals surface area contributed by atoms with E-state index < -0.39 is 15.8 Å². The van der Waals surface area contributed by atoms with E-state index in [4.69, 9.17) is 13.7 Å². The van der Waals surface area contributed by atoms with Crippen LogP contribution in [0, 0.1) is 0 Å². The van der Waals surface area contributed by atoms with Gasteiger partial charge in [-0.3, -0.25) is 4.79 Å². The Morgan fingerprint density at radius 3 is 2.52 bits per heavy atom.